The van der Waals surface area contributed by atoms with Gasteiger partial charge in [0.2, 0.25) is 0 Å². The number of aliphatic hydroxyl groups excluding tert-OH is 1. The van der Waals surface area contributed by atoms with Gasteiger partial charge in [0, 0.05) is 6.61 Å². The van der Waals surface area contributed by atoms with Crippen LogP contribution in [0, 0.1) is 0 Å². The van der Waals surface area contributed by atoms with Gasteiger partial charge in [-0.25, -0.2) is 0 Å². The number of aliphatic hydroxyl groups is 1. The number of hydrogen-bond acceptors (Lipinski definition) is 3. The molecule has 0 atom stereocenters. The van der Waals surface area contributed by atoms with Crippen molar-refractivity contribution in [3.05, 3.63) is 0 Å². The molecule has 0 radical (unpaired) electrons. The molecule has 0 unspecified atom stereocenters. The molecule has 0 amide bonds. The molecular weight excluding hydrogens is 204 g/mol. The molecule has 0 aliphatic rings. The largest absolute Gasteiger partial charge is 2.00 e. The molecular formula is C9H22O3Ti. The van der Waals surface area contributed by atoms with Gasteiger partial charge in [0.05, 0.1) is 0 Å². The molecule has 4 heteroatoms. The Bertz CT molecular complexity index is 30.3. The van der Waals surface area contributed by atoms with Gasteiger partial charge in [-0.15, -0.1) is 13.2 Å². The Morgan fingerprint density at radius 2 is 1.00 bits per heavy atom. The summed E-state index contributed by atoms with van der Waals surface area (Å²) in [6.45, 7) is 6.12. The smallest absolute Gasteiger partial charge is 0.854 e. The number of hydrogen-bond donors (Lipinski definition) is 1. The van der Waals surface area contributed by atoms with Gasteiger partial charge in [0.25, 0.3) is 0 Å². The van der Waals surface area contributed by atoms with Crippen LogP contribution >= 0.6 is 0 Å². The summed E-state index contributed by atoms with van der Waals surface area (Å²) in [4.78, 5) is 0. The maximum atomic E-state index is 9.30. The van der Waals surface area contributed by atoms with Gasteiger partial charge in [0.15, 0.2) is 0 Å². The van der Waals surface area contributed by atoms with Crippen molar-refractivity contribution in [3.8, 4) is 0 Å². The molecule has 0 saturated carbocycles. The van der Waals surface area contributed by atoms with Gasteiger partial charge in [-0.2, -0.15) is 0 Å². The van der Waals surface area contributed by atoms with Gasteiger partial charge in [-0.1, -0.05) is 33.6 Å². The van der Waals surface area contributed by atoms with E-state index in [9.17, 15) is 10.2 Å². The van der Waals surface area contributed by atoms with Crippen LogP contribution in [0.3, 0.4) is 0 Å². The van der Waals surface area contributed by atoms with Crippen LogP contribution in [0.4, 0.5) is 0 Å². The van der Waals surface area contributed by atoms with Crippen molar-refractivity contribution in [2.75, 3.05) is 19.8 Å². The number of rotatable bonds is 3. The molecule has 0 aromatic carbocycles. The topological polar surface area (TPSA) is 66.3 Å². The van der Waals surface area contributed by atoms with E-state index in [0.717, 1.165) is 19.3 Å². The Morgan fingerprint density at radius 3 is 1.00 bits per heavy atom. The molecule has 0 spiro atoms. The summed E-state index contributed by atoms with van der Waals surface area (Å²) in [7, 11) is 0. The summed E-state index contributed by atoms with van der Waals surface area (Å²) in [6.07, 6.45) is 2.40. The average Bonchev–Trinajstić information content (AvgIpc) is 2.18. The van der Waals surface area contributed by atoms with E-state index in [-0.39, 0.29) is 34.9 Å². The predicted octanol–water partition coefficient (Wildman–Crippen LogP) is -0.100. The monoisotopic (exact) mass is 226 g/mol. The molecule has 1 N–H and O–H groups in total. The van der Waals surface area contributed by atoms with E-state index in [1.54, 1.807) is 0 Å². The molecule has 0 aromatic rings. The fraction of sp³-hybridized carbons (Fsp3) is 1.00. The summed E-state index contributed by atoms with van der Waals surface area (Å²) in [5.41, 5.74) is 0. The Labute approximate surface area is 97.1 Å². The molecule has 3 nitrogen and oxygen atoms in total. The minimum Gasteiger partial charge on any atom is -0.854 e. The molecule has 80 valence electrons. The van der Waals surface area contributed by atoms with E-state index in [1.807, 2.05) is 20.8 Å². The standard InChI is InChI=1S/C3H8O.2C3H7O.Ti/c3*1-2-3-4;/h4H,2-3H2,1H3;2*2-3H2,1H3;/q;2*-1;+2. The van der Waals surface area contributed by atoms with Crippen LogP contribution in [0.5, 0.6) is 0 Å². The van der Waals surface area contributed by atoms with Crippen molar-refractivity contribution >= 4 is 0 Å². The second-order valence-electron chi connectivity index (χ2n) is 2.13. The molecule has 0 fully saturated rings. The first-order chi connectivity index (χ1) is 5.74. The first-order valence-electron chi connectivity index (χ1n) is 4.51. The minimum absolute atomic E-state index is 0. The normalized spacial score (nSPS) is 6.92. The summed E-state index contributed by atoms with van der Waals surface area (Å²) in [5.74, 6) is 0. The Balaban J connectivity index is -0.0000000450. The van der Waals surface area contributed by atoms with Gasteiger partial charge >= 0.3 is 21.7 Å². The zero-order valence-corrected chi connectivity index (χ0v) is 10.6. The predicted molar refractivity (Wildman–Crippen MR) is 47.7 cm³/mol. The van der Waals surface area contributed by atoms with E-state index >= 15 is 0 Å². The van der Waals surface area contributed by atoms with E-state index < -0.39 is 0 Å². The van der Waals surface area contributed by atoms with Crippen molar-refractivity contribution in [3.63, 3.8) is 0 Å². The molecule has 0 saturated heterocycles. The molecule has 0 rings (SSSR count). The van der Waals surface area contributed by atoms with Gasteiger partial charge in [-0.05, 0) is 6.42 Å². The van der Waals surface area contributed by atoms with E-state index in [2.05, 4.69) is 0 Å². The summed E-state index contributed by atoms with van der Waals surface area (Å²) in [6, 6.07) is 0. The first kappa shape index (κ1) is 23.4. The van der Waals surface area contributed by atoms with Gasteiger partial charge < -0.3 is 15.3 Å². The van der Waals surface area contributed by atoms with Crippen LogP contribution in [0.1, 0.15) is 40.0 Å². The van der Waals surface area contributed by atoms with Crippen molar-refractivity contribution in [2.24, 2.45) is 0 Å². The SMILES string of the molecule is CCCO.CCC[O-].CCC[O-].[Ti+2]. The fourth-order valence-corrected chi connectivity index (χ4v) is 0. The van der Waals surface area contributed by atoms with Crippen LogP contribution in [-0.2, 0) is 21.7 Å². The van der Waals surface area contributed by atoms with Crippen molar-refractivity contribution in [2.45, 2.75) is 40.0 Å². The van der Waals surface area contributed by atoms with E-state index in [4.69, 9.17) is 5.11 Å². The molecule has 0 aliphatic carbocycles. The average molecular weight is 226 g/mol. The van der Waals surface area contributed by atoms with Gasteiger partial charge in [0.1, 0.15) is 0 Å². The van der Waals surface area contributed by atoms with E-state index in [1.165, 1.54) is 0 Å². The second-order valence-corrected chi connectivity index (χ2v) is 2.13. The summed E-state index contributed by atoms with van der Waals surface area (Å²) >= 11 is 0. The van der Waals surface area contributed by atoms with Crippen molar-refractivity contribution in [1.82, 2.24) is 0 Å². The zero-order valence-electron chi connectivity index (χ0n) is 9.01. The van der Waals surface area contributed by atoms with Crippen molar-refractivity contribution in [1.29, 1.82) is 0 Å². The molecule has 13 heavy (non-hydrogen) atoms. The van der Waals surface area contributed by atoms with Crippen LogP contribution in [0.2, 0.25) is 0 Å². The Hall–Kier alpha value is 0.594. The second kappa shape index (κ2) is 38.9. The third kappa shape index (κ3) is 109. The fourth-order valence-electron chi connectivity index (χ4n) is 0. The third-order valence-corrected chi connectivity index (χ3v) is 0.632. The molecule has 0 aliphatic heterocycles. The maximum absolute atomic E-state index is 9.30. The summed E-state index contributed by atoms with van der Waals surface area (Å²) < 4.78 is 0. The van der Waals surface area contributed by atoms with Crippen LogP contribution in [0.15, 0.2) is 0 Å². The van der Waals surface area contributed by atoms with Crippen LogP contribution in [-0.4, -0.2) is 24.9 Å². The molecule has 0 bridgehead atoms. The summed E-state index contributed by atoms with van der Waals surface area (Å²) in [5, 5.41) is 26.5. The van der Waals surface area contributed by atoms with Crippen LogP contribution < -0.4 is 10.2 Å². The van der Waals surface area contributed by atoms with E-state index in [0.29, 0.717) is 6.61 Å². The van der Waals surface area contributed by atoms with Gasteiger partial charge in [-0.3, -0.25) is 0 Å². The Morgan fingerprint density at radius 1 is 0.846 bits per heavy atom. The Kier molecular flexibility index (Phi) is 70.2. The quantitative estimate of drug-likeness (QED) is 0.683. The maximum Gasteiger partial charge on any atom is 2.00 e. The first-order valence-corrected chi connectivity index (χ1v) is 4.51. The molecule has 0 heterocycles. The molecule has 0 aromatic heterocycles. The minimum atomic E-state index is 0. The zero-order chi connectivity index (χ0) is 10.2. The van der Waals surface area contributed by atoms with Crippen LogP contribution in [0.25, 0.3) is 0 Å². The third-order valence-electron chi connectivity index (χ3n) is 0.632. The van der Waals surface area contributed by atoms with Crippen molar-refractivity contribution < 1.29 is 37.0 Å².